The van der Waals surface area contributed by atoms with Gasteiger partial charge < -0.3 is 9.84 Å². The van der Waals surface area contributed by atoms with E-state index >= 15 is 0 Å². The smallest absolute Gasteiger partial charge is 0.347 e. The van der Waals surface area contributed by atoms with Crippen LogP contribution in [0.25, 0.3) is 0 Å². The molecule has 0 bridgehead atoms. The zero-order valence-electron chi connectivity index (χ0n) is 14.0. The van der Waals surface area contributed by atoms with Crippen LogP contribution in [0.1, 0.15) is 38.3 Å². The van der Waals surface area contributed by atoms with Crippen molar-refractivity contribution in [1.82, 2.24) is 0 Å². The summed E-state index contributed by atoms with van der Waals surface area (Å²) in [6, 6.07) is 17.8. The molecule has 0 aliphatic carbocycles. The van der Waals surface area contributed by atoms with Crippen LogP contribution >= 0.6 is 0 Å². The predicted molar refractivity (Wildman–Crippen MR) is 90.9 cm³/mol. The van der Waals surface area contributed by atoms with Crippen molar-refractivity contribution >= 4 is 5.97 Å². The second kappa shape index (κ2) is 6.97. The summed E-state index contributed by atoms with van der Waals surface area (Å²) < 4.78 is 5.40. The fourth-order valence-corrected chi connectivity index (χ4v) is 2.32. The summed E-state index contributed by atoms with van der Waals surface area (Å²) in [7, 11) is 0. The lowest BCUT2D eigenvalue weighted by atomic mass is 9.86. The highest BCUT2D eigenvalue weighted by atomic mass is 16.5. The zero-order chi connectivity index (χ0) is 16.9. The Labute approximate surface area is 137 Å². The normalized spacial score (nSPS) is 12.0. The molecule has 1 N–H and O–H groups in total. The lowest BCUT2D eigenvalue weighted by Crippen LogP contribution is -2.39. The van der Waals surface area contributed by atoms with Gasteiger partial charge in [-0.3, -0.25) is 0 Å². The van der Waals surface area contributed by atoms with E-state index in [-0.39, 0.29) is 12.0 Å². The molecule has 23 heavy (non-hydrogen) atoms. The molecular weight excluding hydrogens is 288 g/mol. The van der Waals surface area contributed by atoms with Crippen LogP contribution in [0.15, 0.2) is 60.7 Å². The minimum atomic E-state index is -1.79. The third kappa shape index (κ3) is 4.20. The van der Waals surface area contributed by atoms with Crippen LogP contribution in [0.2, 0.25) is 0 Å². The molecule has 0 heterocycles. The van der Waals surface area contributed by atoms with Gasteiger partial charge in [-0.2, -0.15) is 0 Å². The molecule has 0 spiro atoms. The third-order valence-corrected chi connectivity index (χ3v) is 3.76. The molecule has 0 aliphatic rings. The Morgan fingerprint density at radius 1 is 0.913 bits per heavy atom. The van der Waals surface area contributed by atoms with Crippen molar-refractivity contribution in [3.63, 3.8) is 0 Å². The molecule has 2 rings (SSSR count). The van der Waals surface area contributed by atoms with Gasteiger partial charge in [0.1, 0.15) is 0 Å². The summed E-state index contributed by atoms with van der Waals surface area (Å²) in [5.41, 5.74) is -0.711. The monoisotopic (exact) mass is 312 g/mol. The SMILES string of the molecule is CC(C)(C)CCOC(=O)C(O)(c1ccccc1)c1ccccc1. The number of carbonyl (C=O) groups is 1. The quantitative estimate of drug-likeness (QED) is 0.852. The molecule has 0 saturated carbocycles. The van der Waals surface area contributed by atoms with E-state index in [4.69, 9.17) is 4.74 Å². The highest BCUT2D eigenvalue weighted by molar-refractivity contribution is 5.85. The molecule has 0 aromatic heterocycles. The molecule has 0 fully saturated rings. The van der Waals surface area contributed by atoms with E-state index in [1.54, 1.807) is 48.5 Å². The van der Waals surface area contributed by atoms with Crippen LogP contribution in [0, 0.1) is 5.41 Å². The van der Waals surface area contributed by atoms with Gasteiger partial charge in [-0.15, -0.1) is 0 Å². The molecule has 0 aliphatic heterocycles. The van der Waals surface area contributed by atoms with Gasteiger partial charge in [-0.05, 0) is 23.0 Å². The number of aliphatic hydroxyl groups is 1. The Hall–Kier alpha value is -2.13. The van der Waals surface area contributed by atoms with E-state index in [1.165, 1.54) is 0 Å². The first-order valence-corrected chi connectivity index (χ1v) is 7.85. The highest BCUT2D eigenvalue weighted by Gasteiger charge is 2.41. The average Bonchev–Trinajstić information content (AvgIpc) is 2.54. The van der Waals surface area contributed by atoms with E-state index < -0.39 is 11.6 Å². The van der Waals surface area contributed by atoms with Crippen molar-refractivity contribution in [1.29, 1.82) is 0 Å². The first-order valence-electron chi connectivity index (χ1n) is 7.85. The van der Waals surface area contributed by atoms with E-state index in [2.05, 4.69) is 20.8 Å². The number of esters is 1. The summed E-state index contributed by atoms with van der Waals surface area (Å²) in [5.74, 6) is -0.640. The van der Waals surface area contributed by atoms with Crippen LogP contribution < -0.4 is 0 Å². The number of ether oxygens (including phenoxy) is 1. The maximum atomic E-state index is 12.7. The second-order valence-electron chi connectivity index (χ2n) is 6.89. The fourth-order valence-electron chi connectivity index (χ4n) is 2.32. The molecule has 3 heteroatoms. The maximum Gasteiger partial charge on any atom is 0.347 e. The topological polar surface area (TPSA) is 46.5 Å². The molecule has 122 valence electrons. The molecule has 2 aromatic rings. The Morgan fingerprint density at radius 3 is 1.74 bits per heavy atom. The van der Waals surface area contributed by atoms with Gasteiger partial charge in [-0.25, -0.2) is 4.79 Å². The van der Waals surface area contributed by atoms with Crippen LogP contribution in [-0.4, -0.2) is 17.7 Å². The highest BCUT2D eigenvalue weighted by Crippen LogP contribution is 2.31. The number of hydrogen-bond donors (Lipinski definition) is 1. The van der Waals surface area contributed by atoms with Crippen molar-refractivity contribution < 1.29 is 14.6 Å². The lowest BCUT2D eigenvalue weighted by Gasteiger charge is -2.28. The summed E-state index contributed by atoms with van der Waals surface area (Å²) >= 11 is 0. The van der Waals surface area contributed by atoms with Gasteiger partial charge in [0.15, 0.2) is 0 Å². The molecule has 3 nitrogen and oxygen atoms in total. The molecule has 0 atom stereocenters. The van der Waals surface area contributed by atoms with E-state index in [0.29, 0.717) is 11.1 Å². The maximum absolute atomic E-state index is 12.7. The number of carbonyl (C=O) groups excluding carboxylic acids is 1. The standard InChI is InChI=1S/C20H24O3/c1-19(2,3)14-15-23-18(21)20(22,16-10-6-4-7-11-16)17-12-8-5-9-13-17/h4-13,22H,14-15H2,1-3H3. The van der Waals surface area contributed by atoms with E-state index in [1.807, 2.05) is 12.1 Å². The zero-order valence-corrected chi connectivity index (χ0v) is 14.0. The first-order chi connectivity index (χ1) is 10.8. The first kappa shape index (κ1) is 17.2. The van der Waals surface area contributed by atoms with Crippen molar-refractivity contribution in [3.8, 4) is 0 Å². The second-order valence-corrected chi connectivity index (χ2v) is 6.89. The summed E-state index contributed by atoms with van der Waals surface area (Å²) in [4.78, 5) is 12.7. The number of benzene rings is 2. The molecule has 0 saturated heterocycles. The van der Waals surface area contributed by atoms with E-state index in [0.717, 1.165) is 6.42 Å². The minimum Gasteiger partial charge on any atom is -0.463 e. The van der Waals surface area contributed by atoms with Gasteiger partial charge in [0, 0.05) is 0 Å². The Morgan fingerprint density at radius 2 is 1.35 bits per heavy atom. The van der Waals surface area contributed by atoms with Crippen molar-refractivity contribution in [2.45, 2.75) is 32.8 Å². The summed E-state index contributed by atoms with van der Waals surface area (Å²) in [6.45, 7) is 6.54. The third-order valence-electron chi connectivity index (χ3n) is 3.76. The van der Waals surface area contributed by atoms with Gasteiger partial charge in [0.25, 0.3) is 0 Å². The molecule has 2 aromatic carbocycles. The molecular formula is C20H24O3. The fraction of sp³-hybridized carbons (Fsp3) is 0.350. The Bertz CT molecular complexity index is 587. The summed E-state index contributed by atoms with van der Waals surface area (Å²) in [5, 5.41) is 11.2. The van der Waals surface area contributed by atoms with Crippen molar-refractivity contribution in [2.75, 3.05) is 6.61 Å². The minimum absolute atomic E-state index is 0.0674. The van der Waals surface area contributed by atoms with Gasteiger partial charge in [0.05, 0.1) is 6.61 Å². The summed E-state index contributed by atoms with van der Waals surface area (Å²) in [6.07, 6.45) is 0.735. The molecule has 0 unspecified atom stereocenters. The van der Waals surface area contributed by atoms with Crippen LogP contribution in [0.5, 0.6) is 0 Å². The van der Waals surface area contributed by atoms with Crippen molar-refractivity contribution in [2.24, 2.45) is 5.41 Å². The Balaban J connectivity index is 2.30. The Kier molecular flexibility index (Phi) is 5.22. The van der Waals surface area contributed by atoms with Crippen LogP contribution in [-0.2, 0) is 15.1 Å². The van der Waals surface area contributed by atoms with Gasteiger partial charge in [-0.1, -0.05) is 81.4 Å². The molecule has 0 amide bonds. The van der Waals surface area contributed by atoms with E-state index in [9.17, 15) is 9.90 Å². The number of rotatable bonds is 5. The average molecular weight is 312 g/mol. The van der Waals surface area contributed by atoms with Gasteiger partial charge in [0.2, 0.25) is 5.60 Å². The van der Waals surface area contributed by atoms with Crippen LogP contribution in [0.3, 0.4) is 0 Å². The predicted octanol–water partition coefficient (Wildman–Crippen LogP) is 3.90. The molecule has 0 radical (unpaired) electrons. The van der Waals surface area contributed by atoms with Crippen LogP contribution in [0.4, 0.5) is 0 Å². The van der Waals surface area contributed by atoms with Gasteiger partial charge >= 0.3 is 5.97 Å². The number of hydrogen-bond acceptors (Lipinski definition) is 3. The largest absolute Gasteiger partial charge is 0.463 e. The lowest BCUT2D eigenvalue weighted by molar-refractivity contribution is -0.162. The van der Waals surface area contributed by atoms with Crippen molar-refractivity contribution in [3.05, 3.63) is 71.8 Å².